The minimum Gasteiger partial charge on any atom is -0.504 e. The summed E-state index contributed by atoms with van der Waals surface area (Å²) in [6.45, 7) is 2.31. The van der Waals surface area contributed by atoms with Crippen molar-refractivity contribution in [1.82, 2.24) is 20.2 Å². The first-order valence-electron chi connectivity index (χ1n) is 6.29. The Hall–Kier alpha value is -2.90. The molecule has 2 rings (SSSR count). The first kappa shape index (κ1) is 14.5. The van der Waals surface area contributed by atoms with Crippen LogP contribution in [0.4, 0.5) is 0 Å². The van der Waals surface area contributed by atoms with Gasteiger partial charge in [0.05, 0.1) is 12.8 Å². The molecule has 0 aliphatic heterocycles. The van der Waals surface area contributed by atoms with Crippen LogP contribution in [-0.2, 0) is 11.3 Å². The number of aromatic nitrogens is 3. The van der Waals surface area contributed by atoms with Crippen molar-refractivity contribution < 1.29 is 14.6 Å². The van der Waals surface area contributed by atoms with Crippen molar-refractivity contribution in [2.45, 2.75) is 13.5 Å². The normalized spacial score (nSPS) is 10.7. The fourth-order valence-electron chi connectivity index (χ4n) is 1.56. The summed E-state index contributed by atoms with van der Waals surface area (Å²) in [5, 5.41) is 17.2. The van der Waals surface area contributed by atoms with E-state index in [0.717, 1.165) is 0 Å². The molecule has 0 atom stereocenters. The highest BCUT2D eigenvalue weighted by molar-refractivity contribution is 5.83. The Morgan fingerprint density at radius 2 is 2.43 bits per heavy atom. The smallest absolute Gasteiger partial charge is 0.261 e. The Labute approximate surface area is 121 Å². The minimum atomic E-state index is -0.319. The van der Waals surface area contributed by atoms with Gasteiger partial charge in [-0.15, -0.1) is 0 Å². The van der Waals surface area contributed by atoms with Crippen LogP contribution in [-0.4, -0.2) is 38.6 Å². The van der Waals surface area contributed by atoms with E-state index in [1.54, 1.807) is 12.1 Å². The molecule has 8 nitrogen and oxygen atoms in total. The van der Waals surface area contributed by atoms with Gasteiger partial charge in [0, 0.05) is 0 Å². The largest absolute Gasteiger partial charge is 0.504 e. The minimum absolute atomic E-state index is 0.0388. The number of rotatable bonds is 6. The number of aromatic hydroxyl groups is 1. The summed E-state index contributed by atoms with van der Waals surface area (Å²) in [5.74, 6) is 0.111. The number of phenolic OH excluding ortho intramolecular Hbond substituents is 1. The predicted octanol–water partition coefficient (Wildman–Crippen LogP) is 0.533. The molecule has 0 bridgehead atoms. The molecule has 0 spiro atoms. The fraction of sp³-hybridized carbons (Fsp3) is 0.231. The molecule has 0 fully saturated rings. The summed E-state index contributed by atoms with van der Waals surface area (Å²) >= 11 is 0. The van der Waals surface area contributed by atoms with E-state index in [1.165, 1.54) is 29.6 Å². The van der Waals surface area contributed by atoms with Crippen LogP contribution in [0.15, 0.2) is 36.0 Å². The van der Waals surface area contributed by atoms with E-state index < -0.39 is 0 Å². The van der Waals surface area contributed by atoms with Crippen molar-refractivity contribution in [3.8, 4) is 11.5 Å². The van der Waals surface area contributed by atoms with Crippen LogP contribution < -0.4 is 10.2 Å². The molecule has 1 aromatic heterocycles. The zero-order valence-electron chi connectivity index (χ0n) is 11.4. The molecule has 1 aromatic carbocycles. The number of nitrogens with one attached hydrogen (secondary N) is 1. The molecule has 0 unspecified atom stereocenters. The Morgan fingerprint density at radius 3 is 3.14 bits per heavy atom. The number of amides is 1. The Morgan fingerprint density at radius 1 is 1.57 bits per heavy atom. The monoisotopic (exact) mass is 289 g/mol. The first-order chi connectivity index (χ1) is 10.2. The summed E-state index contributed by atoms with van der Waals surface area (Å²) in [7, 11) is 0. The van der Waals surface area contributed by atoms with Gasteiger partial charge in [0.2, 0.25) is 0 Å². The zero-order valence-corrected chi connectivity index (χ0v) is 11.4. The van der Waals surface area contributed by atoms with E-state index in [2.05, 4.69) is 20.6 Å². The number of carbonyl (C=O) groups is 1. The molecular weight excluding hydrogens is 274 g/mol. The lowest BCUT2D eigenvalue weighted by molar-refractivity contribution is -0.121. The summed E-state index contributed by atoms with van der Waals surface area (Å²) in [6.07, 6.45) is 4.25. The van der Waals surface area contributed by atoms with Crippen LogP contribution in [0.2, 0.25) is 0 Å². The van der Waals surface area contributed by atoms with Gasteiger partial charge >= 0.3 is 0 Å². The van der Waals surface area contributed by atoms with Crippen LogP contribution in [0.3, 0.4) is 0 Å². The molecule has 1 amide bonds. The Kier molecular flexibility index (Phi) is 4.86. The lowest BCUT2D eigenvalue weighted by Crippen LogP contribution is -2.23. The molecule has 0 saturated carbocycles. The van der Waals surface area contributed by atoms with Gasteiger partial charge in [-0.25, -0.2) is 15.1 Å². The number of hydrazone groups is 1. The molecule has 21 heavy (non-hydrogen) atoms. The average molecular weight is 289 g/mol. The molecule has 8 heteroatoms. The van der Waals surface area contributed by atoms with Crippen molar-refractivity contribution in [2.75, 3.05) is 6.61 Å². The Bertz CT molecular complexity index is 625. The van der Waals surface area contributed by atoms with Gasteiger partial charge in [0.25, 0.3) is 5.91 Å². The Balaban J connectivity index is 1.91. The van der Waals surface area contributed by atoms with Crippen LogP contribution >= 0.6 is 0 Å². The lowest BCUT2D eigenvalue weighted by atomic mass is 10.2. The molecule has 0 saturated heterocycles. The molecule has 0 aliphatic carbocycles. The highest BCUT2D eigenvalue weighted by Crippen LogP contribution is 2.26. The lowest BCUT2D eigenvalue weighted by Gasteiger charge is -2.06. The van der Waals surface area contributed by atoms with E-state index in [4.69, 9.17) is 4.74 Å². The second kappa shape index (κ2) is 7.04. The van der Waals surface area contributed by atoms with E-state index >= 15 is 0 Å². The number of ether oxygens (including phenoxy) is 1. The van der Waals surface area contributed by atoms with E-state index in [1.807, 2.05) is 6.92 Å². The van der Waals surface area contributed by atoms with Crippen LogP contribution in [0.1, 0.15) is 12.5 Å². The number of carbonyl (C=O) groups excluding carboxylic acids is 1. The highest BCUT2D eigenvalue weighted by Gasteiger charge is 2.03. The van der Waals surface area contributed by atoms with Gasteiger partial charge < -0.3 is 9.84 Å². The molecule has 0 aliphatic rings. The van der Waals surface area contributed by atoms with Crippen molar-refractivity contribution in [3.63, 3.8) is 0 Å². The maximum absolute atomic E-state index is 11.5. The van der Waals surface area contributed by atoms with Crippen molar-refractivity contribution in [3.05, 3.63) is 36.4 Å². The number of benzene rings is 1. The van der Waals surface area contributed by atoms with Gasteiger partial charge in [-0.2, -0.15) is 10.2 Å². The third kappa shape index (κ3) is 4.30. The van der Waals surface area contributed by atoms with Crippen molar-refractivity contribution >= 4 is 12.1 Å². The fourth-order valence-corrected chi connectivity index (χ4v) is 1.56. The average Bonchev–Trinajstić information content (AvgIpc) is 2.95. The SMILES string of the molecule is CCOc1cc(/C=N/NC(=O)Cn2cncn2)ccc1O. The third-order valence-corrected chi connectivity index (χ3v) is 2.46. The third-order valence-electron chi connectivity index (χ3n) is 2.46. The standard InChI is InChI=1S/C13H15N5O3/c1-2-21-12-5-10(3-4-11(12)19)6-15-17-13(20)7-18-9-14-8-16-18/h3-6,8-9,19H,2,7H2,1H3,(H,17,20)/b15-6+. The summed E-state index contributed by atoms with van der Waals surface area (Å²) < 4.78 is 6.64. The van der Waals surface area contributed by atoms with Gasteiger partial charge in [0.1, 0.15) is 19.2 Å². The van der Waals surface area contributed by atoms with Crippen LogP contribution in [0.25, 0.3) is 0 Å². The number of phenols is 1. The second-order valence-corrected chi connectivity index (χ2v) is 4.05. The number of nitrogens with zero attached hydrogens (tertiary/aromatic N) is 4. The molecule has 1 heterocycles. The van der Waals surface area contributed by atoms with E-state index in [0.29, 0.717) is 17.9 Å². The van der Waals surface area contributed by atoms with E-state index in [9.17, 15) is 9.90 Å². The zero-order chi connectivity index (χ0) is 15.1. The predicted molar refractivity (Wildman–Crippen MR) is 75.0 cm³/mol. The van der Waals surface area contributed by atoms with Gasteiger partial charge in [-0.05, 0) is 30.7 Å². The molecule has 2 N–H and O–H groups in total. The first-order valence-corrected chi connectivity index (χ1v) is 6.29. The molecule has 110 valence electrons. The quantitative estimate of drug-likeness (QED) is 0.596. The molecular formula is C13H15N5O3. The van der Waals surface area contributed by atoms with Gasteiger partial charge in [-0.3, -0.25) is 4.79 Å². The number of hydrogen-bond donors (Lipinski definition) is 2. The molecule has 0 radical (unpaired) electrons. The maximum atomic E-state index is 11.5. The second-order valence-electron chi connectivity index (χ2n) is 4.05. The summed E-state index contributed by atoms with van der Waals surface area (Å²) in [6, 6.07) is 4.79. The van der Waals surface area contributed by atoms with Gasteiger partial charge in [0.15, 0.2) is 11.5 Å². The van der Waals surface area contributed by atoms with Crippen molar-refractivity contribution in [1.29, 1.82) is 0 Å². The highest BCUT2D eigenvalue weighted by atomic mass is 16.5. The van der Waals surface area contributed by atoms with Crippen LogP contribution in [0.5, 0.6) is 11.5 Å². The van der Waals surface area contributed by atoms with E-state index in [-0.39, 0.29) is 18.2 Å². The van der Waals surface area contributed by atoms with Crippen molar-refractivity contribution in [2.24, 2.45) is 5.10 Å². The topological polar surface area (TPSA) is 102 Å². The maximum Gasteiger partial charge on any atom is 0.261 e. The molecule has 2 aromatic rings. The van der Waals surface area contributed by atoms with Gasteiger partial charge in [-0.1, -0.05) is 0 Å². The summed E-state index contributed by atoms with van der Waals surface area (Å²) in [4.78, 5) is 15.3. The van der Waals surface area contributed by atoms with Crippen LogP contribution in [0, 0.1) is 0 Å². The summed E-state index contributed by atoms with van der Waals surface area (Å²) in [5.41, 5.74) is 3.07. The number of hydrogen-bond acceptors (Lipinski definition) is 6.